The molecule has 6 heteroatoms. The zero-order chi connectivity index (χ0) is 11.7. The molecule has 0 aliphatic carbocycles. The minimum atomic E-state index is -1.11. The summed E-state index contributed by atoms with van der Waals surface area (Å²) in [5, 5.41) is 8.97. The third-order valence-electron chi connectivity index (χ3n) is 2.54. The van der Waals surface area contributed by atoms with Crippen molar-refractivity contribution >= 4 is 27.7 Å². The van der Waals surface area contributed by atoms with Crippen LogP contribution < -0.4 is 4.90 Å². The number of carboxylic acid groups (broad SMARTS) is 1. The lowest BCUT2D eigenvalue weighted by Crippen LogP contribution is -2.36. The predicted octanol–water partition coefficient (Wildman–Crippen LogP) is 1.85. The van der Waals surface area contributed by atoms with Gasteiger partial charge in [0, 0.05) is 17.1 Å². The summed E-state index contributed by atoms with van der Waals surface area (Å²) in [5.41, 5.74) is 0. The van der Waals surface area contributed by atoms with Gasteiger partial charge in [0.15, 0.2) is 0 Å². The number of hydrogen-bond donors (Lipinski definition) is 1. The van der Waals surface area contributed by atoms with Crippen LogP contribution in [0.25, 0.3) is 0 Å². The fourth-order valence-electron chi connectivity index (χ4n) is 1.81. The van der Waals surface area contributed by atoms with Gasteiger partial charge in [-0.15, -0.1) is 0 Å². The van der Waals surface area contributed by atoms with Crippen molar-refractivity contribution in [3.63, 3.8) is 0 Å². The maximum atomic E-state index is 13.2. The lowest BCUT2D eigenvalue weighted by atomic mass is 10.2. The van der Waals surface area contributed by atoms with Crippen LogP contribution in [-0.4, -0.2) is 34.8 Å². The fourth-order valence-corrected chi connectivity index (χ4v) is 2.04. The van der Waals surface area contributed by atoms with Gasteiger partial charge in [0.2, 0.25) is 0 Å². The molecule has 1 N–H and O–H groups in total. The Hall–Kier alpha value is -1.17. The second-order valence-corrected chi connectivity index (χ2v) is 4.59. The second-order valence-electron chi connectivity index (χ2n) is 3.67. The van der Waals surface area contributed by atoms with E-state index in [2.05, 4.69) is 20.9 Å². The minimum Gasteiger partial charge on any atom is -0.480 e. The summed E-state index contributed by atoms with van der Waals surface area (Å²) in [6.07, 6.45) is 0.485. The molecule has 1 saturated heterocycles. The molecule has 0 radical (unpaired) electrons. The lowest BCUT2D eigenvalue weighted by Gasteiger charge is -2.21. The molecule has 2 rings (SSSR count). The Morgan fingerprint density at radius 2 is 2.38 bits per heavy atom. The van der Waals surface area contributed by atoms with Gasteiger partial charge in [0.05, 0.1) is 6.54 Å². The van der Waals surface area contributed by atoms with Gasteiger partial charge >= 0.3 is 5.97 Å². The van der Waals surface area contributed by atoms with Gasteiger partial charge in [-0.1, -0.05) is 0 Å². The fraction of sp³-hybridized carbons (Fsp3) is 0.400. The number of anilines is 1. The third kappa shape index (κ3) is 2.16. The molecule has 1 fully saturated rings. The number of aromatic nitrogens is 1. The normalized spacial score (nSPS) is 24.8. The van der Waals surface area contributed by atoms with Gasteiger partial charge in [0.1, 0.15) is 18.0 Å². The summed E-state index contributed by atoms with van der Waals surface area (Å²) >= 11 is 3.24. The zero-order valence-corrected chi connectivity index (χ0v) is 9.89. The first-order valence-electron chi connectivity index (χ1n) is 4.83. The quantitative estimate of drug-likeness (QED) is 0.902. The molecule has 0 spiro atoms. The number of hydrogen-bond acceptors (Lipinski definition) is 3. The van der Waals surface area contributed by atoms with E-state index in [1.165, 1.54) is 4.90 Å². The highest BCUT2D eigenvalue weighted by Crippen LogP contribution is 2.26. The monoisotopic (exact) mass is 288 g/mol. The predicted molar refractivity (Wildman–Crippen MR) is 60.2 cm³/mol. The van der Waals surface area contributed by atoms with Crippen LogP contribution >= 0.6 is 15.9 Å². The SMILES string of the molecule is O=C(O)[C@@H]1C[C@H](F)CN1c1ccc(Br)cn1. The highest BCUT2D eigenvalue weighted by Gasteiger charge is 2.37. The molecule has 2 atom stereocenters. The molecule has 4 nitrogen and oxygen atoms in total. The number of alkyl halides is 1. The van der Waals surface area contributed by atoms with E-state index in [1.807, 2.05) is 0 Å². The smallest absolute Gasteiger partial charge is 0.326 e. The Labute approximate surface area is 100 Å². The van der Waals surface area contributed by atoms with Crippen molar-refractivity contribution in [2.45, 2.75) is 18.6 Å². The van der Waals surface area contributed by atoms with Gasteiger partial charge in [-0.25, -0.2) is 14.2 Å². The molecule has 1 aromatic rings. The molecule has 0 amide bonds. The van der Waals surface area contributed by atoms with Gasteiger partial charge < -0.3 is 10.0 Å². The number of aliphatic carboxylic acids is 1. The van der Waals surface area contributed by atoms with E-state index in [9.17, 15) is 9.18 Å². The first-order valence-corrected chi connectivity index (χ1v) is 5.62. The summed E-state index contributed by atoms with van der Waals surface area (Å²) < 4.78 is 14.0. The molecule has 0 saturated carbocycles. The van der Waals surface area contributed by atoms with Crippen molar-refractivity contribution in [1.82, 2.24) is 4.98 Å². The van der Waals surface area contributed by atoms with E-state index < -0.39 is 18.2 Å². The maximum absolute atomic E-state index is 13.2. The van der Waals surface area contributed by atoms with E-state index in [0.29, 0.717) is 5.82 Å². The standard InChI is InChI=1S/C10H10BrFN2O2/c11-6-1-2-9(13-4-6)14-5-7(12)3-8(14)10(15)16/h1-2,4,7-8H,3,5H2,(H,15,16)/t7-,8-/m0/s1. The van der Waals surface area contributed by atoms with Crippen molar-refractivity contribution in [3.8, 4) is 0 Å². The van der Waals surface area contributed by atoms with Crippen LogP contribution in [0.3, 0.4) is 0 Å². The van der Waals surface area contributed by atoms with Gasteiger partial charge in [-0.3, -0.25) is 0 Å². The van der Waals surface area contributed by atoms with Crippen LogP contribution in [0.5, 0.6) is 0 Å². The molecule has 0 aromatic carbocycles. The molecule has 1 aliphatic heterocycles. The number of carboxylic acids is 1. The average Bonchev–Trinajstić information content (AvgIpc) is 2.61. The highest BCUT2D eigenvalue weighted by atomic mass is 79.9. The van der Waals surface area contributed by atoms with Gasteiger partial charge in [-0.05, 0) is 28.1 Å². The van der Waals surface area contributed by atoms with Crippen LogP contribution in [0.1, 0.15) is 6.42 Å². The van der Waals surface area contributed by atoms with Gasteiger partial charge in [0.25, 0.3) is 0 Å². The van der Waals surface area contributed by atoms with Crippen LogP contribution in [0, 0.1) is 0 Å². The van der Waals surface area contributed by atoms with E-state index in [0.717, 1.165) is 4.47 Å². The molecular weight excluding hydrogens is 279 g/mol. The maximum Gasteiger partial charge on any atom is 0.326 e. The van der Waals surface area contributed by atoms with E-state index in [-0.39, 0.29) is 13.0 Å². The number of rotatable bonds is 2. The summed E-state index contributed by atoms with van der Waals surface area (Å²) in [4.78, 5) is 16.5. The summed E-state index contributed by atoms with van der Waals surface area (Å²) in [6, 6.07) is 2.62. The molecule has 0 unspecified atom stereocenters. The Morgan fingerprint density at radius 3 is 2.94 bits per heavy atom. The molecular formula is C10H10BrFN2O2. The molecule has 16 heavy (non-hydrogen) atoms. The summed E-state index contributed by atoms with van der Waals surface area (Å²) in [6.45, 7) is 0.0889. The van der Waals surface area contributed by atoms with Crippen LogP contribution in [-0.2, 0) is 4.79 Å². The molecule has 1 aromatic heterocycles. The third-order valence-corrected chi connectivity index (χ3v) is 3.01. The van der Waals surface area contributed by atoms with E-state index in [1.54, 1.807) is 18.3 Å². The van der Waals surface area contributed by atoms with E-state index >= 15 is 0 Å². The van der Waals surface area contributed by atoms with Crippen molar-refractivity contribution in [2.24, 2.45) is 0 Å². The van der Waals surface area contributed by atoms with Crippen molar-refractivity contribution in [3.05, 3.63) is 22.8 Å². The Bertz CT molecular complexity index is 398. The number of carbonyl (C=O) groups is 1. The number of halogens is 2. The second kappa shape index (κ2) is 4.37. The number of pyridine rings is 1. The minimum absolute atomic E-state index is 0.0209. The van der Waals surface area contributed by atoms with Crippen molar-refractivity contribution in [2.75, 3.05) is 11.4 Å². The topological polar surface area (TPSA) is 53.4 Å². The molecule has 86 valence electrons. The molecule has 2 heterocycles. The largest absolute Gasteiger partial charge is 0.480 e. The molecule has 0 bridgehead atoms. The van der Waals surface area contributed by atoms with Crippen molar-refractivity contribution < 1.29 is 14.3 Å². The summed E-state index contributed by atoms with van der Waals surface area (Å²) in [5.74, 6) is -0.513. The van der Waals surface area contributed by atoms with Crippen LogP contribution in [0.15, 0.2) is 22.8 Å². The van der Waals surface area contributed by atoms with E-state index in [4.69, 9.17) is 5.11 Å². The Kier molecular flexibility index (Phi) is 3.09. The first-order chi connectivity index (χ1) is 7.58. The van der Waals surface area contributed by atoms with Crippen molar-refractivity contribution in [1.29, 1.82) is 0 Å². The van der Waals surface area contributed by atoms with Gasteiger partial charge in [-0.2, -0.15) is 0 Å². The Morgan fingerprint density at radius 1 is 1.62 bits per heavy atom. The zero-order valence-electron chi connectivity index (χ0n) is 8.31. The molecule has 1 aliphatic rings. The Balaban J connectivity index is 2.25. The average molecular weight is 289 g/mol. The van der Waals surface area contributed by atoms with Crippen LogP contribution in [0.2, 0.25) is 0 Å². The van der Waals surface area contributed by atoms with Crippen LogP contribution in [0.4, 0.5) is 10.2 Å². The highest BCUT2D eigenvalue weighted by molar-refractivity contribution is 9.10. The first kappa shape index (κ1) is 11.3. The lowest BCUT2D eigenvalue weighted by molar-refractivity contribution is -0.138. The summed E-state index contributed by atoms with van der Waals surface area (Å²) in [7, 11) is 0. The number of nitrogens with zero attached hydrogens (tertiary/aromatic N) is 2.